The number of benzene rings is 1. The van der Waals surface area contributed by atoms with Gasteiger partial charge in [0.1, 0.15) is 5.82 Å². The molecule has 0 radical (unpaired) electrons. The minimum atomic E-state index is 0.806. The van der Waals surface area contributed by atoms with Crippen molar-refractivity contribution < 1.29 is 0 Å². The van der Waals surface area contributed by atoms with Gasteiger partial charge in [-0.2, -0.15) is 4.98 Å². The Morgan fingerprint density at radius 2 is 1.81 bits per heavy atom. The topological polar surface area (TPSA) is 47.5 Å². The number of aromatic nitrogens is 2. The Morgan fingerprint density at radius 3 is 2.46 bits per heavy atom. The predicted molar refractivity (Wildman–Crippen MR) is 110 cm³/mol. The van der Waals surface area contributed by atoms with Gasteiger partial charge in [-0.1, -0.05) is 0 Å². The Morgan fingerprint density at radius 1 is 1.08 bits per heavy atom. The molecule has 6 nitrogen and oxygen atoms in total. The molecule has 0 saturated carbocycles. The Bertz CT molecular complexity index is 720. The molecule has 0 aliphatic carbocycles. The van der Waals surface area contributed by atoms with Crippen molar-refractivity contribution in [3.05, 3.63) is 36.0 Å². The second kappa shape index (κ2) is 8.36. The van der Waals surface area contributed by atoms with Crippen LogP contribution in [-0.4, -0.2) is 61.2 Å². The summed E-state index contributed by atoms with van der Waals surface area (Å²) in [6, 6.07) is 8.47. The Balaban J connectivity index is 1.74. The van der Waals surface area contributed by atoms with E-state index in [0.29, 0.717) is 0 Å². The fraction of sp³-hybridized carbons (Fsp3) is 0.500. The molecule has 1 saturated heterocycles. The van der Waals surface area contributed by atoms with Gasteiger partial charge in [-0.05, 0) is 57.6 Å². The quantitative estimate of drug-likeness (QED) is 0.860. The smallest absolute Gasteiger partial charge is 0.227 e. The molecular weight excluding hydrogens is 324 g/mol. The van der Waals surface area contributed by atoms with Crippen molar-refractivity contribution in [1.82, 2.24) is 14.9 Å². The lowest BCUT2D eigenvalue weighted by Gasteiger charge is -2.32. The number of likely N-dealkylation sites (N-methyl/N-ethyl adjacent to an activating group) is 1. The first-order valence-electron chi connectivity index (χ1n) is 9.50. The van der Waals surface area contributed by atoms with Gasteiger partial charge in [0.25, 0.3) is 0 Å². The molecule has 2 aromatic rings. The van der Waals surface area contributed by atoms with Crippen molar-refractivity contribution in [2.75, 3.05) is 61.4 Å². The van der Waals surface area contributed by atoms with Crippen LogP contribution in [0.5, 0.6) is 0 Å². The summed E-state index contributed by atoms with van der Waals surface area (Å²) in [4.78, 5) is 16.1. The maximum Gasteiger partial charge on any atom is 0.227 e. The van der Waals surface area contributed by atoms with Gasteiger partial charge in [-0.15, -0.1) is 0 Å². The van der Waals surface area contributed by atoms with Crippen molar-refractivity contribution in [2.24, 2.45) is 0 Å². The first-order valence-corrected chi connectivity index (χ1v) is 9.50. The van der Waals surface area contributed by atoms with Crippen LogP contribution in [0.1, 0.15) is 19.4 Å². The highest BCUT2D eigenvalue weighted by atomic mass is 15.3. The van der Waals surface area contributed by atoms with E-state index >= 15 is 0 Å². The van der Waals surface area contributed by atoms with Gasteiger partial charge in [0.05, 0.1) is 0 Å². The number of nitrogens with zero attached hydrogens (tertiary/aromatic N) is 5. The van der Waals surface area contributed by atoms with Gasteiger partial charge in [0.2, 0.25) is 5.95 Å². The summed E-state index contributed by atoms with van der Waals surface area (Å²) in [5.74, 6) is 1.65. The molecule has 0 unspecified atom stereocenters. The average Bonchev–Trinajstić information content (AvgIpc) is 2.66. The van der Waals surface area contributed by atoms with Crippen LogP contribution in [0.15, 0.2) is 30.5 Å². The van der Waals surface area contributed by atoms with E-state index in [4.69, 9.17) is 4.98 Å². The fourth-order valence-electron chi connectivity index (χ4n) is 3.29. The third-order valence-corrected chi connectivity index (χ3v) is 5.03. The molecule has 1 aromatic carbocycles. The van der Waals surface area contributed by atoms with Crippen LogP contribution in [0, 0.1) is 6.92 Å². The molecule has 1 N–H and O–H groups in total. The maximum absolute atomic E-state index is 4.72. The molecule has 1 fully saturated rings. The number of hydrogen-bond donors (Lipinski definition) is 1. The lowest BCUT2D eigenvalue weighted by Crippen LogP contribution is -2.45. The molecule has 140 valence electrons. The van der Waals surface area contributed by atoms with Gasteiger partial charge in [-0.25, -0.2) is 4.98 Å². The van der Waals surface area contributed by atoms with Crippen LogP contribution in [0.3, 0.4) is 0 Å². The summed E-state index contributed by atoms with van der Waals surface area (Å²) in [5.41, 5.74) is 3.57. The second-order valence-electron chi connectivity index (χ2n) is 6.83. The predicted octanol–water partition coefficient (Wildman–Crippen LogP) is 3.13. The monoisotopic (exact) mass is 354 g/mol. The van der Waals surface area contributed by atoms with Gasteiger partial charge >= 0.3 is 0 Å². The normalized spacial score (nSPS) is 15.2. The molecular formula is C20H30N6. The third-order valence-electron chi connectivity index (χ3n) is 5.03. The molecule has 1 aliphatic rings. The number of piperazine rings is 1. The van der Waals surface area contributed by atoms with Crippen molar-refractivity contribution in [1.29, 1.82) is 0 Å². The lowest BCUT2D eigenvalue weighted by molar-refractivity contribution is 0.311. The molecule has 0 atom stereocenters. The van der Waals surface area contributed by atoms with Crippen molar-refractivity contribution in [3.63, 3.8) is 0 Å². The Kier molecular flexibility index (Phi) is 5.93. The van der Waals surface area contributed by atoms with Gasteiger partial charge in [0, 0.05) is 56.8 Å². The number of rotatable bonds is 6. The second-order valence-corrected chi connectivity index (χ2v) is 6.83. The molecule has 2 heterocycles. The molecule has 26 heavy (non-hydrogen) atoms. The Labute approximate surface area is 156 Å². The van der Waals surface area contributed by atoms with E-state index in [-0.39, 0.29) is 0 Å². The number of nitrogens with one attached hydrogen (secondary N) is 1. The zero-order chi connectivity index (χ0) is 18.5. The van der Waals surface area contributed by atoms with E-state index in [1.54, 1.807) is 0 Å². The molecule has 1 aromatic heterocycles. The number of hydrogen-bond acceptors (Lipinski definition) is 6. The van der Waals surface area contributed by atoms with Crippen LogP contribution >= 0.6 is 0 Å². The number of aryl methyl sites for hydroxylation is 1. The molecule has 0 spiro atoms. The van der Waals surface area contributed by atoms with E-state index < -0.39 is 0 Å². The summed E-state index contributed by atoms with van der Waals surface area (Å²) in [7, 11) is 2.15. The molecule has 0 bridgehead atoms. The summed E-state index contributed by atoms with van der Waals surface area (Å²) in [6.45, 7) is 12.6. The first kappa shape index (κ1) is 18.5. The Hall–Kier alpha value is -2.34. The van der Waals surface area contributed by atoms with Crippen LogP contribution in [0.25, 0.3) is 0 Å². The van der Waals surface area contributed by atoms with Crippen LogP contribution in [0.2, 0.25) is 0 Å². The minimum absolute atomic E-state index is 0.806. The van der Waals surface area contributed by atoms with E-state index in [0.717, 1.165) is 56.7 Å². The van der Waals surface area contributed by atoms with Crippen LogP contribution in [0.4, 0.5) is 23.1 Å². The van der Waals surface area contributed by atoms with Crippen molar-refractivity contribution in [2.45, 2.75) is 20.8 Å². The van der Waals surface area contributed by atoms with E-state index in [1.807, 2.05) is 12.3 Å². The van der Waals surface area contributed by atoms with Crippen LogP contribution < -0.4 is 15.1 Å². The summed E-state index contributed by atoms with van der Waals surface area (Å²) in [6.07, 6.45) is 1.84. The highest BCUT2D eigenvalue weighted by Crippen LogP contribution is 2.25. The number of anilines is 4. The highest BCUT2D eigenvalue weighted by molar-refractivity contribution is 5.65. The zero-order valence-corrected chi connectivity index (χ0v) is 16.4. The standard InChI is InChI=1S/C20H30N6/c1-5-25(6-2)17-7-8-18(16(3)15-17)22-19-9-10-21-20(23-19)26-13-11-24(4)12-14-26/h7-10,15H,5-6,11-14H2,1-4H3,(H,21,22,23). The van der Waals surface area contributed by atoms with Crippen LogP contribution in [-0.2, 0) is 0 Å². The molecule has 6 heteroatoms. The van der Waals surface area contributed by atoms with Crippen molar-refractivity contribution in [3.8, 4) is 0 Å². The maximum atomic E-state index is 4.72. The summed E-state index contributed by atoms with van der Waals surface area (Å²) >= 11 is 0. The van der Waals surface area contributed by atoms with Gasteiger partial charge < -0.3 is 20.0 Å². The molecule has 1 aliphatic heterocycles. The van der Waals surface area contributed by atoms with E-state index in [9.17, 15) is 0 Å². The van der Waals surface area contributed by atoms with Gasteiger partial charge in [-0.3, -0.25) is 0 Å². The summed E-state index contributed by atoms with van der Waals surface area (Å²) < 4.78 is 0. The van der Waals surface area contributed by atoms with Gasteiger partial charge in [0.15, 0.2) is 0 Å². The zero-order valence-electron chi connectivity index (χ0n) is 16.4. The average molecular weight is 355 g/mol. The van der Waals surface area contributed by atoms with Crippen molar-refractivity contribution >= 4 is 23.1 Å². The fourth-order valence-corrected chi connectivity index (χ4v) is 3.29. The SMILES string of the molecule is CCN(CC)c1ccc(Nc2ccnc(N3CCN(C)CC3)n2)c(C)c1. The highest BCUT2D eigenvalue weighted by Gasteiger charge is 2.16. The minimum Gasteiger partial charge on any atom is -0.372 e. The van der Waals surface area contributed by atoms with E-state index in [1.165, 1.54) is 11.3 Å². The third kappa shape index (κ3) is 4.25. The lowest BCUT2D eigenvalue weighted by atomic mass is 10.1. The summed E-state index contributed by atoms with van der Waals surface area (Å²) in [5, 5.41) is 3.46. The molecule has 0 amide bonds. The molecule has 3 rings (SSSR count). The van der Waals surface area contributed by atoms with E-state index in [2.05, 4.69) is 71.0 Å². The largest absolute Gasteiger partial charge is 0.372 e. The first-order chi connectivity index (χ1) is 12.6.